The molecule has 0 aromatic heterocycles. The van der Waals surface area contributed by atoms with Crippen LogP contribution in [0.4, 0.5) is 0 Å². The van der Waals surface area contributed by atoms with Crippen molar-refractivity contribution in [2.75, 3.05) is 19.9 Å². The van der Waals surface area contributed by atoms with Crippen molar-refractivity contribution >= 4 is 47.7 Å². The fourth-order valence-corrected chi connectivity index (χ4v) is 3.63. The Hall–Kier alpha value is -0.960. The van der Waals surface area contributed by atoms with Gasteiger partial charge in [-0.15, -0.1) is 24.0 Å². The quantitative estimate of drug-likeness (QED) is 0.285. The van der Waals surface area contributed by atoms with Crippen LogP contribution in [0.3, 0.4) is 0 Å². The Morgan fingerprint density at radius 2 is 2.04 bits per heavy atom. The number of thioether (sulfide) groups is 1. The summed E-state index contributed by atoms with van der Waals surface area (Å²) in [5.74, 6) is 0.547. The molecule has 5 nitrogen and oxygen atoms in total. The molecule has 0 heterocycles. The molecule has 1 aromatic rings. The number of methoxy groups -OCH3 is 1. The maximum absolute atomic E-state index is 11.4. The van der Waals surface area contributed by atoms with E-state index >= 15 is 0 Å². The van der Waals surface area contributed by atoms with Crippen molar-refractivity contribution in [2.24, 2.45) is 4.99 Å². The number of halogens is 1. The molecule has 1 aliphatic carbocycles. The largest absolute Gasteiger partial charge is 0.465 e. The number of carbonyl (C=O) groups is 1. The van der Waals surface area contributed by atoms with Gasteiger partial charge in [-0.05, 0) is 50.1 Å². The van der Waals surface area contributed by atoms with Crippen LogP contribution in [-0.2, 0) is 11.3 Å². The zero-order valence-corrected chi connectivity index (χ0v) is 18.2. The number of guanidine groups is 1. The molecule has 2 N–H and O–H groups in total. The van der Waals surface area contributed by atoms with Crippen LogP contribution in [-0.4, -0.2) is 43.1 Å². The molecule has 1 aromatic carbocycles. The number of hydrogen-bond acceptors (Lipinski definition) is 4. The van der Waals surface area contributed by atoms with Crippen LogP contribution in [0.15, 0.2) is 29.3 Å². The second-order valence-electron chi connectivity index (χ2n) is 5.90. The van der Waals surface area contributed by atoms with E-state index in [1.54, 1.807) is 12.1 Å². The Balaban J connectivity index is 0.00000312. The monoisotopic (exact) mass is 477 g/mol. The Bertz CT molecular complexity index is 566. The number of benzene rings is 1. The molecule has 2 rings (SSSR count). The van der Waals surface area contributed by atoms with Gasteiger partial charge in [-0.25, -0.2) is 9.79 Å². The van der Waals surface area contributed by atoms with E-state index in [0.29, 0.717) is 18.2 Å². The maximum atomic E-state index is 11.4. The topological polar surface area (TPSA) is 62.7 Å². The summed E-state index contributed by atoms with van der Waals surface area (Å²) in [4.78, 5) is 16.1. The molecule has 25 heavy (non-hydrogen) atoms. The van der Waals surface area contributed by atoms with E-state index in [1.165, 1.54) is 26.4 Å². The molecule has 2 unspecified atom stereocenters. The number of esters is 1. The molecule has 7 heteroatoms. The van der Waals surface area contributed by atoms with Gasteiger partial charge in [-0.2, -0.15) is 11.8 Å². The summed E-state index contributed by atoms with van der Waals surface area (Å²) in [6.07, 6.45) is 5.85. The fraction of sp³-hybridized carbons (Fsp3) is 0.556. The lowest BCUT2D eigenvalue weighted by Crippen LogP contribution is -2.42. The molecule has 1 aliphatic rings. The average Bonchev–Trinajstić information content (AvgIpc) is 3.07. The SMILES string of the molecule is CCNC(=NCc1ccc(C(=O)OC)cc1)NC1CCC(SC)C1.I. The van der Waals surface area contributed by atoms with Gasteiger partial charge in [0, 0.05) is 17.8 Å². The van der Waals surface area contributed by atoms with Crippen molar-refractivity contribution in [1.29, 1.82) is 0 Å². The van der Waals surface area contributed by atoms with Crippen molar-refractivity contribution in [3.05, 3.63) is 35.4 Å². The molecule has 0 spiro atoms. The molecule has 0 amide bonds. The zero-order valence-electron chi connectivity index (χ0n) is 15.1. The summed E-state index contributed by atoms with van der Waals surface area (Å²) < 4.78 is 4.71. The molecule has 2 atom stereocenters. The minimum Gasteiger partial charge on any atom is -0.465 e. The zero-order chi connectivity index (χ0) is 17.4. The van der Waals surface area contributed by atoms with E-state index in [0.717, 1.165) is 23.3 Å². The lowest BCUT2D eigenvalue weighted by molar-refractivity contribution is 0.0600. The normalized spacial score (nSPS) is 19.9. The van der Waals surface area contributed by atoms with Crippen molar-refractivity contribution < 1.29 is 9.53 Å². The van der Waals surface area contributed by atoms with E-state index in [-0.39, 0.29) is 29.9 Å². The first-order chi connectivity index (χ1) is 11.7. The molecule has 0 radical (unpaired) electrons. The van der Waals surface area contributed by atoms with E-state index in [1.807, 2.05) is 23.9 Å². The molecule has 140 valence electrons. The molecule has 1 fully saturated rings. The number of aliphatic imine (C=N–C) groups is 1. The summed E-state index contributed by atoms with van der Waals surface area (Å²) in [5.41, 5.74) is 1.62. The third kappa shape index (κ3) is 7.05. The predicted molar refractivity (Wildman–Crippen MR) is 116 cm³/mol. The van der Waals surface area contributed by atoms with Gasteiger partial charge in [0.15, 0.2) is 5.96 Å². The van der Waals surface area contributed by atoms with Gasteiger partial charge in [0.05, 0.1) is 19.2 Å². The highest BCUT2D eigenvalue weighted by molar-refractivity contribution is 14.0. The summed E-state index contributed by atoms with van der Waals surface area (Å²) in [7, 11) is 1.39. The second kappa shape index (κ2) is 11.6. The minimum absolute atomic E-state index is 0. The Morgan fingerprint density at radius 1 is 1.32 bits per heavy atom. The van der Waals surface area contributed by atoms with Gasteiger partial charge < -0.3 is 15.4 Å². The smallest absolute Gasteiger partial charge is 0.337 e. The fourth-order valence-electron chi connectivity index (χ4n) is 2.83. The number of hydrogen-bond donors (Lipinski definition) is 2. The predicted octanol–water partition coefficient (Wildman–Crippen LogP) is 3.43. The standard InChI is InChI=1S/C18H27N3O2S.HI/c1-4-19-18(21-15-9-10-16(11-15)24-3)20-12-13-5-7-14(8-6-13)17(22)23-2;/h5-8,15-16H,4,9-12H2,1-3H3,(H2,19,20,21);1H. The first-order valence-corrected chi connectivity index (χ1v) is 9.70. The first kappa shape index (κ1) is 22.1. The van der Waals surface area contributed by atoms with Crippen molar-refractivity contribution in [2.45, 2.75) is 44.0 Å². The van der Waals surface area contributed by atoms with Crippen LogP contribution >= 0.6 is 35.7 Å². The third-order valence-electron chi connectivity index (χ3n) is 4.20. The molecular weight excluding hydrogens is 449 g/mol. The van der Waals surface area contributed by atoms with E-state index < -0.39 is 0 Å². The highest BCUT2D eigenvalue weighted by Crippen LogP contribution is 2.28. The van der Waals surface area contributed by atoms with Crippen molar-refractivity contribution in [1.82, 2.24) is 10.6 Å². The number of carbonyl (C=O) groups excluding carboxylic acids is 1. The lowest BCUT2D eigenvalue weighted by Gasteiger charge is -2.17. The molecule has 0 bridgehead atoms. The van der Waals surface area contributed by atoms with E-state index in [2.05, 4.69) is 28.8 Å². The Kier molecular flexibility index (Phi) is 10.3. The van der Waals surface area contributed by atoms with Crippen LogP contribution in [0.25, 0.3) is 0 Å². The molecule has 1 saturated carbocycles. The molecular formula is C18H28IN3O2S. The lowest BCUT2D eigenvalue weighted by atomic mass is 10.1. The van der Waals surface area contributed by atoms with Crippen LogP contribution in [0.2, 0.25) is 0 Å². The highest BCUT2D eigenvalue weighted by atomic mass is 127. The number of ether oxygens (including phenoxy) is 1. The Morgan fingerprint density at radius 3 is 2.60 bits per heavy atom. The van der Waals surface area contributed by atoms with Crippen LogP contribution in [0.1, 0.15) is 42.1 Å². The van der Waals surface area contributed by atoms with Crippen molar-refractivity contribution in [3.63, 3.8) is 0 Å². The molecule has 0 aliphatic heterocycles. The maximum Gasteiger partial charge on any atom is 0.337 e. The summed E-state index contributed by atoms with van der Waals surface area (Å²) in [5, 5.41) is 7.61. The highest BCUT2D eigenvalue weighted by Gasteiger charge is 2.24. The van der Waals surface area contributed by atoms with Gasteiger partial charge in [0.25, 0.3) is 0 Å². The van der Waals surface area contributed by atoms with Crippen LogP contribution in [0, 0.1) is 0 Å². The second-order valence-corrected chi connectivity index (χ2v) is 7.03. The minimum atomic E-state index is -0.315. The van der Waals surface area contributed by atoms with Crippen LogP contribution < -0.4 is 10.6 Å². The average molecular weight is 477 g/mol. The van der Waals surface area contributed by atoms with Gasteiger partial charge in [0.1, 0.15) is 0 Å². The summed E-state index contributed by atoms with van der Waals surface area (Å²) in [6.45, 7) is 3.49. The number of nitrogens with one attached hydrogen (secondary N) is 2. The van der Waals surface area contributed by atoms with Gasteiger partial charge in [0.2, 0.25) is 0 Å². The van der Waals surface area contributed by atoms with Crippen LogP contribution in [0.5, 0.6) is 0 Å². The van der Waals surface area contributed by atoms with Gasteiger partial charge in [-0.1, -0.05) is 12.1 Å². The van der Waals surface area contributed by atoms with Gasteiger partial charge in [-0.3, -0.25) is 0 Å². The number of nitrogens with zero attached hydrogens (tertiary/aromatic N) is 1. The van der Waals surface area contributed by atoms with Gasteiger partial charge >= 0.3 is 5.97 Å². The van der Waals surface area contributed by atoms with E-state index in [4.69, 9.17) is 4.74 Å². The first-order valence-electron chi connectivity index (χ1n) is 8.41. The van der Waals surface area contributed by atoms with Crippen molar-refractivity contribution in [3.8, 4) is 0 Å². The molecule has 0 saturated heterocycles. The summed E-state index contributed by atoms with van der Waals surface area (Å²) in [6, 6.07) is 7.88. The van der Waals surface area contributed by atoms with E-state index in [9.17, 15) is 4.79 Å². The Labute approximate surface area is 171 Å². The summed E-state index contributed by atoms with van der Waals surface area (Å²) >= 11 is 1.95. The third-order valence-corrected chi connectivity index (χ3v) is 5.29. The number of rotatable bonds is 6.